The molecule has 1 atom stereocenters. The molecule has 2 amide bonds. The van der Waals surface area contributed by atoms with Crippen molar-refractivity contribution in [2.75, 3.05) is 6.54 Å². The lowest BCUT2D eigenvalue weighted by atomic mass is 9.69. The molecule has 104 valence electrons. The predicted octanol–water partition coefficient (Wildman–Crippen LogP) is 1.61. The van der Waals surface area contributed by atoms with E-state index in [2.05, 4.69) is 0 Å². The first-order valence-corrected chi connectivity index (χ1v) is 6.97. The number of fused-ring (bicyclic) bond motifs is 2. The molecule has 20 heavy (non-hydrogen) atoms. The van der Waals surface area contributed by atoms with Gasteiger partial charge >= 0.3 is 0 Å². The lowest BCUT2D eigenvalue weighted by Gasteiger charge is -2.33. The summed E-state index contributed by atoms with van der Waals surface area (Å²) < 4.78 is 0. The summed E-state index contributed by atoms with van der Waals surface area (Å²) in [5.74, 6) is -0.570. The monoisotopic (exact) mass is 271 g/mol. The summed E-state index contributed by atoms with van der Waals surface area (Å²) in [5, 5.41) is 0. The van der Waals surface area contributed by atoms with Crippen molar-refractivity contribution in [2.24, 2.45) is 0 Å². The van der Waals surface area contributed by atoms with Gasteiger partial charge in [0.2, 0.25) is 11.8 Å². The Morgan fingerprint density at radius 2 is 2.05 bits per heavy atom. The van der Waals surface area contributed by atoms with Gasteiger partial charge in [0.25, 0.3) is 0 Å². The van der Waals surface area contributed by atoms with E-state index >= 15 is 0 Å². The van der Waals surface area contributed by atoms with E-state index in [4.69, 9.17) is 0 Å². The van der Waals surface area contributed by atoms with Crippen LogP contribution in [-0.4, -0.2) is 29.0 Å². The van der Waals surface area contributed by atoms with E-state index in [0.29, 0.717) is 6.42 Å². The molecule has 4 heteroatoms. The average molecular weight is 271 g/mol. The van der Waals surface area contributed by atoms with Crippen molar-refractivity contribution >= 4 is 17.6 Å². The van der Waals surface area contributed by atoms with E-state index in [1.54, 1.807) is 0 Å². The number of ketones is 1. The van der Waals surface area contributed by atoms with E-state index in [9.17, 15) is 14.4 Å². The number of Topliss-reactive ketones (excluding diaryl/α,β-unsaturated/α-hetero) is 1. The molecular formula is C16H17NO3. The molecule has 1 unspecified atom stereocenters. The highest BCUT2D eigenvalue weighted by molar-refractivity contribution is 6.11. The Balaban J connectivity index is 2.05. The lowest BCUT2D eigenvalue weighted by Crippen LogP contribution is -2.42. The summed E-state index contributed by atoms with van der Waals surface area (Å²) in [5.41, 5.74) is 1.42. The first kappa shape index (κ1) is 13.0. The van der Waals surface area contributed by atoms with Crippen LogP contribution in [0.5, 0.6) is 0 Å². The second-order valence-corrected chi connectivity index (χ2v) is 5.76. The van der Waals surface area contributed by atoms with Crippen molar-refractivity contribution in [3.63, 3.8) is 0 Å². The average Bonchev–Trinajstić information content (AvgIpc) is 2.64. The molecule has 0 radical (unpaired) electrons. The molecule has 1 aromatic carbocycles. The fourth-order valence-corrected chi connectivity index (χ4v) is 3.51. The van der Waals surface area contributed by atoms with Gasteiger partial charge in [0.15, 0.2) is 0 Å². The Bertz CT molecular complexity index is 607. The number of imide groups is 1. The van der Waals surface area contributed by atoms with Crippen LogP contribution in [0.4, 0.5) is 0 Å². The van der Waals surface area contributed by atoms with Crippen LogP contribution in [0.25, 0.3) is 0 Å². The second kappa shape index (κ2) is 4.54. The van der Waals surface area contributed by atoms with Gasteiger partial charge in [-0.15, -0.1) is 0 Å². The Hall–Kier alpha value is -1.97. The van der Waals surface area contributed by atoms with Gasteiger partial charge in [0, 0.05) is 6.42 Å². The van der Waals surface area contributed by atoms with Gasteiger partial charge in [-0.1, -0.05) is 24.3 Å². The molecule has 0 bridgehead atoms. The summed E-state index contributed by atoms with van der Waals surface area (Å²) in [7, 11) is 0. The minimum Gasteiger partial charge on any atom is -0.298 e. The number of benzene rings is 1. The number of hydrogen-bond acceptors (Lipinski definition) is 3. The molecule has 4 nitrogen and oxygen atoms in total. The van der Waals surface area contributed by atoms with Crippen LogP contribution in [0.2, 0.25) is 0 Å². The minimum absolute atomic E-state index is 0.0957. The number of aryl methyl sites for hydroxylation is 1. The first-order chi connectivity index (χ1) is 9.54. The van der Waals surface area contributed by atoms with E-state index in [1.165, 1.54) is 6.92 Å². The quantitative estimate of drug-likeness (QED) is 0.768. The molecule has 0 N–H and O–H groups in total. The third-order valence-corrected chi connectivity index (χ3v) is 4.37. The maximum atomic E-state index is 12.7. The molecule has 1 heterocycles. The summed E-state index contributed by atoms with van der Waals surface area (Å²) in [6.45, 7) is 1.31. The number of carbonyl (C=O) groups excluding carboxylic acids is 3. The van der Waals surface area contributed by atoms with Gasteiger partial charge in [-0.2, -0.15) is 0 Å². The zero-order valence-electron chi connectivity index (χ0n) is 11.5. The van der Waals surface area contributed by atoms with Crippen LogP contribution in [-0.2, 0) is 26.2 Å². The molecule has 1 spiro atoms. The highest BCUT2D eigenvalue weighted by atomic mass is 16.2. The highest BCUT2D eigenvalue weighted by Crippen LogP contribution is 2.45. The molecule has 2 aliphatic rings. The Labute approximate surface area is 117 Å². The van der Waals surface area contributed by atoms with Gasteiger partial charge in [-0.25, -0.2) is 0 Å². The first-order valence-electron chi connectivity index (χ1n) is 6.97. The smallest absolute Gasteiger partial charge is 0.240 e. The largest absolute Gasteiger partial charge is 0.298 e. The molecule has 1 saturated heterocycles. The predicted molar refractivity (Wildman–Crippen MR) is 73.1 cm³/mol. The van der Waals surface area contributed by atoms with Crippen molar-refractivity contribution < 1.29 is 14.4 Å². The van der Waals surface area contributed by atoms with E-state index in [-0.39, 0.29) is 30.6 Å². The van der Waals surface area contributed by atoms with Crippen LogP contribution in [0, 0.1) is 0 Å². The van der Waals surface area contributed by atoms with Crippen molar-refractivity contribution in [2.45, 2.75) is 38.0 Å². The van der Waals surface area contributed by atoms with Crippen LogP contribution >= 0.6 is 0 Å². The van der Waals surface area contributed by atoms with E-state index in [1.807, 2.05) is 24.3 Å². The Morgan fingerprint density at radius 3 is 2.80 bits per heavy atom. The number of carbonyl (C=O) groups is 3. The second-order valence-electron chi connectivity index (χ2n) is 5.76. The maximum Gasteiger partial charge on any atom is 0.240 e. The van der Waals surface area contributed by atoms with Crippen LogP contribution in [0.1, 0.15) is 37.3 Å². The lowest BCUT2D eigenvalue weighted by molar-refractivity contribution is -0.143. The molecule has 0 aromatic heterocycles. The van der Waals surface area contributed by atoms with E-state index < -0.39 is 5.41 Å². The van der Waals surface area contributed by atoms with Gasteiger partial charge < -0.3 is 0 Å². The van der Waals surface area contributed by atoms with Crippen molar-refractivity contribution in [3.8, 4) is 0 Å². The van der Waals surface area contributed by atoms with Gasteiger partial charge in [0.05, 0.1) is 12.0 Å². The fourth-order valence-electron chi connectivity index (χ4n) is 3.51. The molecule has 1 aliphatic carbocycles. The summed E-state index contributed by atoms with van der Waals surface area (Å²) in [6.07, 6.45) is 2.76. The number of amides is 2. The molecule has 0 saturated carbocycles. The SMILES string of the molecule is CC(=O)CN1C(=O)CC2(CCCc3ccccc32)C1=O. The summed E-state index contributed by atoms with van der Waals surface area (Å²) in [4.78, 5) is 37.3. The topological polar surface area (TPSA) is 54.5 Å². The molecule has 3 rings (SSSR count). The Morgan fingerprint density at radius 1 is 1.30 bits per heavy atom. The number of hydrogen-bond donors (Lipinski definition) is 0. The zero-order valence-corrected chi connectivity index (χ0v) is 11.5. The summed E-state index contributed by atoms with van der Waals surface area (Å²) in [6, 6.07) is 7.86. The minimum atomic E-state index is -0.721. The van der Waals surface area contributed by atoms with E-state index in [0.717, 1.165) is 28.9 Å². The third kappa shape index (κ3) is 1.79. The van der Waals surface area contributed by atoms with Gasteiger partial charge in [0.1, 0.15) is 5.78 Å². The molecular weight excluding hydrogens is 254 g/mol. The number of nitrogens with zero attached hydrogens (tertiary/aromatic N) is 1. The van der Waals surface area contributed by atoms with Gasteiger partial charge in [-0.3, -0.25) is 19.3 Å². The van der Waals surface area contributed by atoms with Gasteiger partial charge in [-0.05, 0) is 37.3 Å². The third-order valence-electron chi connectivity index (χ3n) is 4.37. The van der Waals surface area contributed by atoms with Crippen molar-refractivity contribution in [3.05, 3.63) is 35.4 Å². The molecule has 1 aromatic rings. The summed E-state index contributed by atoms with van der Waals surface area (Å²) >= 11 is 0. The molecule has 1 fully saturated rings. The standard InChI is InChI=1S/C16H17NO3/c1-11(18)10-17-14(19)9-16(15(17)20)8-4-6-12-5-2-3-7-13(12)16/h2-3,5,7H,4,6,8-10H2,1H3. The van der Waals surface area contributed by atoms with Crippen molar-refractivity contribution in [1.29, 1.82) is 0 Å². The fraction of sp³-hybridized carbons (Fsp3) is 0.438. The van der Waals surface area contributed by atoms with Crippen LogP contribution in [0.3, 0.4) is 0 Å². The Kier molecular flexibility index (Phi) is 2.96. The zero-order chi connectivity index (χ0) is 14.3. The maximum absolute atomic E-state index is 12.7. The number of likely N-dealkylation sites (tertiary alicyclic amines) is 1. The van der Waals surface area contributed by atoms with Crippen molar-refractivity contribution in [1.82, 2.24) is 4.90 Å². The molecule has 1 aliphatic heterocycles. The van der Waals surface area contributed by atoms with Crippen LogP contribution < -0.4 is 0 Å². The van der Waals surface area contributed by atoms with Crippen LogP contribution in [0.15, 0.2) is 24.3 Å². The highest BCUT2D eigenvalue weighted by Gasteiger charge is 2.53. The normalized spacial score (nSPS) is 25.1. The number of rotatable bonds is 2.